The summed E-state index contributed by atoms with van der Waals surface area (Å²) in [6.45, 7) is 6.35. The predicted octanol–water partition coefficient (Wildman–Crippen LogP) is 6.36. The number of rotatable bonds is 9. The number of carbonyl (C=O) groups excluding carboxylic acids is 3. The van der Waals surface area contributed by atoms with Crippen molar-refractivity contribution in [2.45, 2.75) is 82.7 Å². The van der Waals surface area contributed by atoms with Gasteiger partial charge in [0.25, 0.3) is 5.91 Å². The van der Waals surface area contributed by atoms with Crippen molar-refractivity contribution in [2.75, 3.05) is 48.3 Å². The molecular formula is C41H47F3N10O4. The van der Waals surface area contributed by atoms with E-state index in [-0.39, 0.29) is 29.8 Å². The average Bonchev–Trinajstić information content (AvgIpc) is 3.81. The fourth-order valence-electron chi connectivity index (χ4n) is 8.64. The molecule has 306 valence electrons. The number of carbonyl (C=O) groups is 3. The lowest BCUT2D eigenvalue weighted by atomic mass is 9.85. The van der Waals surface area contributed by atoms with Crippen LogP contribution in [0.2, 0.25) is 0 Å². The first-order chi connectivity index (χ1) is 27.6. The van der Waals surface area contributed by atoms with E-state index in [1.807, 2.05) is 27.5 Å². The topological polar surface area (TPSA) is 153 Å². The number of urea groups is 1. The first-order valence-electron chi connectivity index (χ1n) is 19.8. The molecule has 4 amide bonds. The van der Waals surface area contributed by atoms with Crippen molar-refractivity contribution < 1.29 is 32.7 Å². The third-order valence-corrected chi connectivity index (χ3v) is 11.8. The van der Waals surface area contributed by atoms with Gasteiger partial charge in [-0.2, -0.15) is 18.3 Å². The van der Waals surface area contributed by atoms with E-state index in [2.05, 4.69) is 43.5 Å². The van der Waals surface area contributed by atoms with Crippen molar-refractivity contribution in [2.24, 2.45) is 5.92 Å². The zero-order valence-electron chi connectivity index (χ0n) is 32.7. The monoisotopic (exact) mass is 800 g/mol. The Kier molecular flexibility index (Phi) is 10.4. The van der Waals surface area contributed by atoms with E-state index in [1.54, 1.807) is 37.1 Å². The molecule has 6 heterocycles. The number of hydrogen-bond donors (Lipinski definition) is 3. The van der Waals surface area contributed by atoms with E-state index in [1.165, 1.54) is 6.07 Å². The Labute approximate surface area is 333 Å². The number of anilines is 3. The van der Waals surface area contributed by atoms with Gasteiger partial charge in [-0.3, -0.25) is 28.9 Å². The van der Waals surface area contributed by atoms with Gasteiger partial charge in [0.05, 0.1) is 23.4 Å². The second kappa shape index (κ2) is 15.3. The van der Waals surface area contributed by atoms with E-state index < -0.39 is 29.4 Å². The molecule has 4 aromatic heterocycles. The number of pyridine rings is 2. The summed E-state index contributed by atoms with van der Waals surface area (Å²) in [5, 5.41) is 21.6. The lowest BCUT2D eigenvalue weighted by Crippen LogP contribution is -2.50. The van der Waals surface area contributed by atoms with Gasteiger partial charge in [0, 0.05) is 79.4 Å². The molecule has 1 aliphatic carbocycles. The highest BCUT2D eigenvalue weighted by atomic mass is 19.4. The summed E-state index contributed by atoms with van der Waals surface area (Å²) in [5.74, 6) is 0.116. The predicted molar refractivity (Wildman–Crippen MR) is 212 cm³/mol. The van der Waals surface area contributed by atoms with Gasteiger partial charge in [-0.1, -0.05) is 6.07 Å². The first-order valence-corrected chi connectivity index (χ1v) is 19.8. The Balaban J connectivity index is 0.854. The van der Waals surface area contributed by atoms with Gasteiger partial charge in [-0.25, -0.2) is 14.8 Å². The van der Waals surface area contributed by atoms with E-state index in [4.69, 9.17) is 5.10 Å². The van der Waals surface area contributed by atoms with Gasteiger partial charge in [0.2, 0.25) is 5.91 Å². The molecule has 17 heteroatoms. The molecule has 3 aliphatic rings. The number of aromatic nitrogens is 5. The molecule has 2 saturated heterocycles. The number of halogens is 3. The van der Waals surface area contributed by atoms with Crippen molar-refractivity contribution in [3.05, 3.63) is 78.0 Å². The highest BCUT2D eigenvalue weighted by Crippen LogP contribution is 2.37. The molecule has 0 unspecified atom stereocenters. The maximum atomic E-state index is 13.3. The zero-order valence-corrected chi connectivity index (χ0v) is 32.7. The summed E-state index contributed by atoms with van der Waals surface area (Å²) in [6, 6.07) is 10.9. The van der Waals surface area contributed by atoms with Gasteiger partial charge in [0.15, 0.2) is 0 Å². The molecule has 2 aliphatic heterocycles. The second-order valence-corrected chi connectivity index (χ2v) is 16.3. The first kappa shape index (κ1) is 39.3. The van der Waals surface area contributed by atoms with Gasteiger partial charge in [-0.05, 0) is 95.7 Å². The van der Waals surface area contributed by atoms with Crippen molar-refractivity contribution in [3.63, 3.8) is 0 Å². The Morgan fingerprint density at radius 2 is 1.78 bits per heavy atom. The number of aliphatic hydroxyl groups is 1. The normalized spacial score (nSPS) is 20.0. The van der Waals surface area contributed by atoms with Crippen LogP contribution >= 0.6 is 0 Å². The van der Waals surface area contributed by atoms with E-state index in [0.717, 1.165) is 87.0 Å². The lowest BCUT2D eigenvalue weighted by Gasteiger charge is -2.40. The number of imidazole rings is 1. The molecule has 14 nitrogen and oxygen atoms in total. The molecule has 0 spiro atoms. The van der Waals surface area contributed by atoms with Crippen molar-refractivity contribution in [1.29, 1.82) is 0 Å². The van der Waals surface area contributed by atoms with E-state index in [0.29, 0.717) is 35.4 Å². The van der Waals surface area contributed by atoms with Crippen LogP contribution in [0.5, 0.6) is 0 Å². The highest BCUT2D eigenvalue weighted by Gasteiger charge is 2.34. The largest absolute Gasteiger partial charge is 0.433 e. The molecular weight excluding hydrogens is 754 g/mol. The summed E-state index contributed by atoms with van der Waals surface area (Å²) in [4.78, 5) is 51.6. The van der Waals surface area contributed by atoms with Gasteiger partial charge < -0.3 is 20.2 Å². The summed E-state index contributed by atoms with van der Waals surface area (Å²) < 4.78 is 43.6. The minimum Gasteiger partial charge on any atom is -0.386 e. The van der Waals surface area contributed by atoms with Crippen LogP contribution in [-0.4, -0.2) is 91.3 Å². The van der Waals surface area contributed by atoms with Gasteiger partial charge in [0.1, 0.15) is 22.9 Å². The molecule has 5 aromatic rings. The minimum absolute atomic E-state index is 0.194. The molecule has 1 saturated carbocycles. The van der Waals surface area contributed by atoms with Crippen LogP contribution in [0.4, 0.5) is 35.2 Å². The number of benzene rings is 1. The summed E-state index contributed by atoms with van der Waals surface area (Å²) >= 11 is 0. The number of hydrogen-bond acceptors (Lipinski definition) is 9. The number of piperidine rings is 1. The summed E-state index contributed by atoms with van der Waals surface area (Å²) in [7, 11) is 2.23. The highest BCUT2D eigenvalue weighted by molar-refractivity contribution is 6.05. The van der Waals surface area contributed by atoms with Crippen LogP contribution in [0.3, 0.4) is 0 Å². The van der Waals surface area contributed by atoms with Crippen LogP contribution in [0.1, 0.15) is 86.6 Å². The third kappa shape index (κ3) is 8.09. The number of nitrogens with zero attached hydrogens (tertiary/aromatic N) is 8. The Bertz CT molecular complexity index is 2350. The third-order valence-electron chi connectivity index (χ3n) is 11.8. The van der Waals surface area contributed by atoms with Crippen LogP contribution in [0, 0.1) is 5.92 Å². The summed E-state index contributed by atoms with van der Waals surface area (Å²) in [6.07, 6.45) is 7.25. The number of imide groups is 1. The molecule has 8 rings (SSSR count). The van der Waals surface area contributed by atoms with Crippen LogP contribution in [0.15, 0.2) is 61.1 Å². The number of fused-ring (bicyclic) bond motifs is 2. The Hall–Kier alpha value is -5.55. The van der Waals surface area contributed by atoms with E-state index >= 15 is 0 Å². The Morgan fingerprint density at radius 1 is 1.02 bits per heavy atom. The maximum absolute atomic E-state index is 13.3. The number of amides is 4. The van der Waals surface area contributed by atoms with Gasteiger partial charge in [-0.15, -0.1) is 0 Å². The van der Waals surface area contributed by atoms with Crippen LogP contribution in [0.25, 0.3) is 16.6 Å². The molecule has 3 fully saturated rings. The van der Waals surface area contributed by atoms with Crippen molar-refractivity contribution >= 4 is 51.6 Å². The lowest BCUT2D eigenvalue weighted by molar-refractivity contribution is -0.141. The molecule has 58 heavy (non-hydrogen) atoms. The maximum Gasteiger partial charge on any atom is 0.433 e. The van der Waals surface area contributed by atoms with Crippen LogP contribution < -0.4 is 20.4 Å². The van der Waals surface area contributed by atoms with Crippen molar-refractivity contribution in [1.82, 2.24) is 34.4 Å². The number of nitrogens with one attached hydrogen (secondary N) is 2. The summed E-state index contributed by atoms with van der Waals surface area (Å²) in [5.41, 5.74) is 0.248. The van der Waals surface area contributed by atoms with Crippen molar-refractivity contribution in [3.8, 4) is 0 Å². The molecule has 0 bridgehead atoms. The standard InChI is InChI=1S/C41H47F3N10O4/c1-40(2,58)30-21-32-26(19-33(30)47-38(56)31-5-4-6-34(46-31)41(42,43)44)24-54(49-32)28-9-7-25(8-10-28)23-50(3)27-11-15-51(16-12-27)29-13-17-52-35(20-29)45-22-37(52)53-18-14-36(55)48-39(53)57/h4-6,13,17,19-22,24-25,27-28,58H,7-12,14-16,18,23H2,1-3H3,(H,47,56)(H,48,55,57). The minimum atomic E-state index is -4.69. The molecule has 1 aromatic carbocycles. The second-order valence-electron chi connectivity index (χ2n) is 16.3. The fraction of sp³-hybridized carbons (Fsp3) is 0.463. The average molecular weight is 801 g/mol. The zero-order chi connectivity index (χ0) is 40.9. The Morgan fingerprint density at radius 3 is 2.48 bits per heavy atom. The quantitative estimate of drug-likeness (QED) is 0.155. The molecule has 0 atom stereocenters. The van der Waals surface area contributed by atoms with E-state index in [9.17, 15) is 32.7 Å². The fourth-order valence-corrected chi connectivity index (χ4v) is 8.64. The molecule has 3 N–H and O–H groups in total. The van der Waals surface area contributed by atoms with Gasteiger partial charge >= 0.3 is 12.2 Å². The smallest absolute Gasteiger partial charge is 0.386 e. The van der Waals surface area contributed by atoms with Crippen LogP contribution in [-0.2, 0) is 16.6 Å². The SMILES string of the molecule is CN(CC1CCC(n2cc3cc(NC(=O)c4cccc(C(F)(F)F)n4)c(C(C)(C)O)cc3n2)CC1)C1CCN(c2ccn3c(N4CCC(=O)NC4=O)cnc3c2)CC1. The number of alkyl halides is 3. The molecule has 0 radical (unpaired) electrons.